The Hall–Kier alpha value is -1.44. The number of anilines is 1. The van der Waals surface area contributed by atoms with E-state index < -0.39 is 6.04 Å². The Labute approximate surface area is 151 Å². The van der Waals surface area contributed by atoms with Crippen molar-refractivity contribution >= 4 is 33.5 Å². The van der Waals surface area contributed by atoms with Crippen molar-refractivity contribution in [3.05, 3.63) is 28.2 Å². The van der Waals surface area contributed by atoms with Crippen LogP contribution < -0.4 is 5.32 Å². The Kier molecular flexibility index (Phi) is 6.77. The zero-order valence-corrected chi connectivity index (χ0v) is 15.9. The summed E-state index contributed by atoms with van der Waals surface area (Å²) < 4.78 is 5.59. The van der Waals surface area contributed by atoms with Gasteiger partial charge in [-0.15, -0.1) is 0 Å². The van der Waals surface area contributed by atoms with Gasteiger partial charge in [-0.25, -0.2) is 0 Å². The fourth-order valence-corrected chi connectivity index (χ4v) is 3.29. The van der Waals surface area contributed by atoms with Gasteiger partial charge < -0.3 is 15.0 Å². The number of aryl methyl sites for hydroxylation is 1. The lowest BCUT2D eigenvalue weighted by Gasteiger charge is -2.36. The second-order valence-corrected chi connectivity index (χ2v) is 6.96. The summed E-state index contributed by atoms with van der Waals surface area (Å²) in [7, 11) is 3.40. The molecule has 1 amide bonds. The number of halogens is 1. The zero-order valence-electron chi connectivity index (χ0n) is 14.3. The predicted molar refractivity (Wildman–Crippen MR) is 97.0 cm³/mol. The minimum atomic E-state index is -0.528. The smallest absolute Gasteiger partial charge is 0.307 e. The van der Waals surface area contributed by atoms with Crippen molar-refractivity contribution in [3.8, 4) is 0 Å². The van der Waals surface area contributed by atoms with E-state index in [-0.39, 0.29) is 18.3 Å². The van der Waals surface area contributed by atoms with Crippen LogP contribution in [-0.2, 0) is 14.3 Å². The first-order valence-electron chi connectivity index (χ1n) is 7.97. The van der Waals surface area contributed by atoms with Crippen LogP contribution in [0.4, 0.5) is 5.69 Å². The van der Waals surface area contributed by atoms with Gasteiger partial charge in [0.1, 0.15) is 6.04 Å². The number of carbonyl (C=O) groups excluding carboxylic acids is 2. The molecule has 1 fully saturated rings. The SMILES string of the molecule is COC(=O)C[C@@H](C(=O)Nc1ccc(C)cc1Br)N1CCN(C)CC1. The van der Waals surface area contributed by atoms with Gasteiger partial charge in [-0.1, -0.05) is 6.07 Å². The number of amides is 1. The average molecular weight is 398 g/mol. The Morgan fingerprint density at radius 1 is 1.29 bits per heavy atom. The molecule has 1 heterocycles. The highest BCUT2D eigenvalue weighted by Gasteiger charge is 2.31. The third-order valence-corrected chi connectivity index (χ3v) is 4.91. The first-order valence-corrected chi connectivity index (χ1v) is 8.76. The number of nitrogens with one attached hydrogen (secondary N) is 1. The molecule has 1 N–H and O–H groups in total. The number of nitrogens with zero attached hydrogens (tertiary/aromatic N) is 2. The highest BCUT2D eigenvalue weighted by Crippen LogP contribution is 2.24. The van der Waals surface area contributed by atoms with Gasteiger partial charge >= 0.3 is 5.97 Å². The van der Waals surface area contributed by atoms with E-state index in [0.717, 1.165) is 36.2 Å². The predicted octanol–water partition coefficient (Wildman–Crippen LogP) is 1.88. The van der Waals surface area contributed by atoms with Crippen LogP contribution in [0.25, 0.3) is 0 Å². The lowest BCUT2D eigenvalue weighted by molar-refractivity contribution is -0.144. The molecule has 6 nitrogen and oxygen atoms in total. The molecule has 1 atom stereocenters. The van der Waals surface area contributed by atoms with E-state index in [9.17, 15) is 9.59 Å². The van der Waals surface area contributed by atoms with Gasteiger partial charge in [0.2, 0.25) is 5.91 Å². The summed E-state index contributed by atoms with van der Waals surface area (Å²) in [5, 5.41) is 2.93. The van der Waals surface area contributed by atoms with Crippen molar-refractivity contribution in [3.63, 3.8) is 0 Å². The maximum atomic E-state index is 12.8. The molecule has 0 radical (unpaired) electrons. The summed E-state index contributed by atoms with van der Waals surface area (Å²) in [6.07, 6.45) is 0.0511. The first-order chi connectivity index (χ1) is 11.4. The van der Waals surface area contributed by atoms with E-state index in [1.54, 1.807) is 0 Å². The molecule has 0 spiro atoms. The standard InChI is InChI=1S/C17H24BrN3O3/c1-12-4-5-14(13(18)10-12)19-17(23)15(11-16(22)24-3)21-8-6-20(2)7-9-21/h4-5,10,15H,6-9,11H2,1-3H3,(H,19,23)/t15-/m0/s1. The van der Waals surface area contributed by atoms with Crippen LogP contribution in [0.2, 0.25) is 0 Å². The molecular weight excluding hydrogens is 374 g/mol. The second kappa shape index (κ2) is 8.60. The van der Waals surface area contributed by atoms with E-state index in [2.05, 4.69) is 33.2 Å². The lowest BCUT2D eigenvalue weighted by Crippen LogP contribution is -2.53. The number of benzene rings is 1. The molecule has 1 aliphatic heterocycles. The molecule has 1 aliphatic rings. The van der Waals surface area contributed by atoms with Crippen LogP contribution in [0, 0.1) is 6.92 Å². The Balaban J connectivity index is 2.12. The van der Waals surface area contributed by atoms with Crippen molar-refractivity contribution in [2.45, 2.75) is 19.4 Å². The summed E-state index contributed by atoms with van der Waals surface area (Å²) in [6, 6.07) is 5.21. The van der Waals surface area contributed by atoms with Crippen LogP contribution in [0.15, 0.2) is 22.7 Å². The molecule has 132 valence electrons. The Morgan fingerprint density at radius 3 is 2.54 bits per heavy atom. The fourth-order valence-electron chi connectivity index (χ4n) is 2.70. The number of hydrogen-bond donors (Lipinski definition) is 1. The summed E-state index contributed by atoms with van der Waals surface area (Å²) in [4.78, 5) is 28.8. The molecule has 24 heavy (non-hydrogen) atoms. The second-order valence-electron chi connectivity index (χ2n) is 6.11. The minimum Gasteiger partial charge on any atom is -0.469 e. The first kappa shape index (κ1) is 18.9. The molecule has 0 aliphatic carbocycles. The molecule has 1 saturated heterocycles. The summed E-state index contributed by atoms with van der Waals surface area (Å²) >= 11 is 3.47. The maximum Gasteiger partial charge on any atom is 0.307 e. The van der Waals surface area contributed by atoms with Gasteiger partial charge in [0.15, 0.2) is 0 Å². The van der Waals surface area contributed by atoms with Crippen molar-refractivity contribution in [2.75, 3.05) is 45.7 Å². The number of methoxy groups -OCH3 is 1. The number of carbonyl (C=O) groups is 2. The van der Waals surface area contributed by atoms with Crippen LogP contribution in [0.3, 0.4) is 0 Å². The van der Waals surface area contributed by atoms with Crippen LogP contribution >= 0.6 is 15.9 Å². The fraction of sp³-hybridized carbons (Fsp3) is 0.529. The zero-order chi connectivity index (χ0) is 17.7. The summed E-state index contributed by atoms with van der Waals surface area (Å²) in [5.74, 6) is -0.563. The number of likely N-dealkylation sites (N-methyl/N-ethyl adjacent to an activating group) is 1. The monoisotopic (exact) mass is 397 g/mol. The molecule has 1 aromatic carbocycles. The molecule has 1 aromatic rings. The van der Waals surface area contributed by atoms with Gasteiger partial charge in [-0.3, -0.25) is 14.5 Å². The molecule has 0 saturated carbocycles. The maximum absolute atomic E-state index is 12.8. The van der Waals surface area contributed by atoms with Crippen LogP contribution in [-0.4, -0.2) is 68.1 Å². The summed E-state index contributed by atoms with van der Waals surface area (Å²) in [5.41, 5.74) is 1.81. The third kappa shape index (κ3) is 5.03. The molecule has 2 rings (SSSR count). The van der Waals surface area contributed by atoms with E-state index >= 15 is 0 Å². The van der Waals surface area contributed by atoms with Crippen molar-refractivity contribution in [2.24, 2.45) is 0 Å². The number of esters is 1. The van der Waals surface area contributed by atoms with Crippen LogP contribution in [0.1, 0.15) is 12.0 Å². The van der Waals surface area contributed by atoms with Gasteiger partial charge in [0, 0.05) is 30.7 Å². The summed E-state index contributed by atoms with van der Waals surface area (Å²) in [6.45, 7) is 5.24. The van der Waals surface area contributed by atoms with Crippen molar-refractivity contribution < 1.29 is 14.3 Å². The Bertz CT molecular complexity index is 601. The highest BCUT2D eigenvalue weighted by atomic mass is 79.9. The topological polar surface area (TPSA) is 61.9 Å². The molecule has 0 bridgehead atoms. The number of piperazine rings is 1. The number of ether oxygens (including phenoxy) is 1. The van der Waals surface area contributed by atoms with E-state index in [0.29, 0.717) is 5.69 Å². The van der Waals surface area contributed by atoms with Gasteiger partial charge in [-0.2, -0.15) is 0 Å². The van der Waals surface area contributed by atoms with E-state index in [4.69, 9.17) is 4.74 Å². The van der Waals surface area contributed by atoms with Gasteiger partial charge in [0.05, 0.1) is 19.2 Å². The lowest BCUT2D eigenvalue weighted by atomic mass is 10.1. The minimum absolute atomic E-state index is 0.0511. The number of rotatable bonds is 5. The molecule has 0 aromatic heterocycles. The third-order valence-electron chi connectivity index (χ3n) is 4.25. The largest absolute Gasteiger partial charge is 0.469 e. The van der Waals surface area contributed by atoms with Crippen molar-refractivity contribution in [1.29, 1.82) is 0 Å². The molecule has 7 heteroatoms. The van der Waals surface area contributed by atoms with Gasteiger partial charge in [0.25, 0.3) is 0 Å². The van der Waals surface area contributed by atoms with E-state index in [1.807, 2.05) is 30.0 Å². The normalized spacial score (nSPS) is 17.3. The average Bonchev–Trinajstić information content (AvgIpc) is 2.55. The quantitative estimate of drug-likeness (QED) is 0.768. The van der Waals surface area contributed by atoms with Gasteiger partial charge in [-0.05, 0) is 47.6 Å². The molecule has 0 unspecified atom stereocenters. The van der Waals surface area contributed by atoms with Crippen molar-refractivity contribution in [1.82, 2.24) is 9.80 Å². The number of hydrogen-bond acceptors (Lipinski definition) is 5. The Morgan fingerprint density at radius 2 is 1.96 bits per heavy atom. The van der Waals surface area contributed by atoms with Crippen LogP contribution in [0.5, 0.6) is 0 Å². The molecular formula is C17H24BrN3O3. The van der Waals surface area contributed by atoms with E-state index in [1.165, 1.54) is 7.11 Å². The highest BCUT2D eigenvalue weighted by molar-refractivity contribution is 9.10.